The third-order valence-electron chi connectivity index (χ3n) is 4.13. The van der Waals surface area contributed by atoms with Gasteiger partial charge >= 0.3 is 0 Å². The lowest BCUT2D eigenvalue weighted by atomic mass is 9.64. The molecule has 70 valence electrons. The van der Waals surface area contributed by atoms with Crippen molar-refractivity contribution >= 4 is 6.41 Å². The number of fused-ring (bicyclic) bond motifs is 1. The van der Waals surface area contributed by atoms with Gasteiger partial charge in [0.25, 0.3) is 0 Å². The lowest BCUT2D eigenvalue weighted by molar-refractivity contribution is -0.117. The summed E-state index contributed by atoms with van der Waals surface area (Å²) in [4.78, 5) is 12.7. The van der Waals surface area contributed by atoms with E-state index in [4.69, 9.17) is 0 Å². The highest BCUT2D eigenvalue weighted by Gasteiger charge is 2.45. The minimum Gasteiger partial charge on any atom is -0.345 e. The predicted molar refractivity (Wildman–Crippen MR) is 50.0 cm³/mol. The molecule has 2 unspecified atom stereocenters. The Morgan fingerprint density at radius 1 is 1.08 bits per heavy atom. The fourth-order valence-corrected chi connectivity index (χ4v) is 3.46. The first kappa shape index (κ1) is 7.60. The summed E-state index contributed by atoms with van der Waals surface area (Å²) in [5.41, 5.74) is 0. The molecular formula is C11H15NO. The molecule has 0 N–H and O–H groups in total. The molecule has 0 aromatic carbocycles. The quantitative estimate of drug-likeness (QED) is 0.436. The van der Waals surface area contributed by atoms with Crippen molar-refractivity contribution in [3.63, 3.8) is 0 Å². The van der Waals surface area contributed by atoms with Crippen LogP contribution in [-0.4, -0.2) is 24.4 Å². The van der Waals surface area contributed by atoms with Crippen LogP contribution in [0.1, 0.15) is 12.8 Å². The molecule has 4 atom stereocenters. The van der Waals surface area contributed by atoms with Gasteiger partial charge in [-0.3, -0.25) is 4.79 Å². The van der Waals surface area contributed by atoms with Crippen molar-refractivity contribution in [2.75, 3.05) is 13.1 Å². The van der Waals surface area contributed by atoms with E-state index in [0.717, 1.165) is 43.2 Å². The molecular weight excluding hydrogens is 162 g/mol. The van der Waals surface area contributed by atoms with Crippen molar-refractivity contribution in [2.24, 2.45) is 23.7 Å². The molecule has 1 aliphatic heterocycles. The van der Waals surface area contributed by atoms with Gasteiger partial charge in [-0.05, 0) is 36.5 Å². The third-order valence-corrected chi connectivity index (χ3v) is 4.13. The first-order chi connectivity index (χ1) is 6.38. The van der Waals surface area contributed by atoms with E-state index >= 15 is 0 Å². The molecule has 1 saturated heterocycles. The number of allylic oxidation sites excluding steroid dienone is 2. The molecule has 2 nitrogen and oxygen atoms in total. The molecule has 4 rings (SSSR count). The van der Waals surface area contributed by atoms with Gasteiger partial charge in [-0.25, -0.2) is 0 Å². The van der Waals surface area contributed by atoms with E-state index in [1.54, 1.807) is 0 Å². The van der Waals surface area contributed by atoms with E-state index in [9.17, 15) is 4.79 Å². The van der Waals surface area contributed by atoms with E-state index in [2.05, 4.69) is 12.2 Å². The van der Waals surface area contributed by atoms with Gasteiger partial charge in [0.1, 0.15) is 0 Å². The average molecular weight is 177 g/mol. The monoisotopic (exact) mass is 177 g/mol. The molecule has 2 fully saturated rings. The Morgan fingerprint density at radius 3 is 2.00 bits per heavy atom. The normalized spacial score (nSPS) is 46.6. The van der Waals surface area contributed by atoms with Crippen molar-refractivity contribution in [1.29, 1.82) is 0 Å². The molecule has 2 bridgehead atoms. The van der Waals surface area contributed by atoms with Crippen LogP contribution in [-0.2, 0) is 4.79 Å². The Morgan fingerprint density at radius 2 is 1.62 bits per heavy atom. The maximum absolute atomic E-state index is 10.7. The predicted octanol–water partition coefficient (Wildman–Crippen LogP) is 1.29. The Bertz CT molecular complexity index is 239. The third kappa shape index (κ3) is 0.976. The van der Waals surface area contributed by atoms with Gasteiger partial charge in [0.15, 0.2) is 0 Å². The first-order valence-electron chi connectivity index (χ1n) is 5.26. The van der Waals surface area contributed by atoms with Crippen LogP contribution in [0.5, 0.6) is 0 Å². The van der Waals surface area contributed by atoms with Gasteiger partial charge in [-0.2, -0.15) is 0 Å². The van der Waals surface area contributed by atoms with E-state index in [-0.39, 0.29) is 0 Å². The number of carbonyl (C=O) groups excluding carboxylic acids is 1. The number of amides is 1. The van der Waals surface area contributed by atoms with Crippen LogP contribution < -0.4 is 0 Å². The largest absolute Gasteiger partial charge is 0.345 e. The second kappa shape index (κ2) is 2.60. The lowest BCUT2D eigenvalue weighted by Crippen LogP contribution is -2.35. The second-order valence-electron chi connectivity index (χ2n) is 4.68. The van der Waals surface area contributed by atoms with Crippen LogP contribution in [0.4, 0.5) is 0 Å². The molecule has 0 radical (unpaired) electrons. The molecule has 13 heavy (non-hydrogen) atoms. The summed E-state index contributed by atoms with van der Waals surface area (Å²) in [5, 5.41) is 0. The van der Waals surface area contributed by atoms with Crippen LogP contribution >= 0.6 is 0 Å². The highest BCUT2D eigenvalue weighted by atomic mass is 16.1. The molecule has 0 spiro atoms. The van der Waals surface area contributed by atoms with Gasteiger partial charge < -0.3 is 4.90 Å². The van der Waals surface area contributed by atoms with Crippen molar-refractivity contribution < 1.29 is 4.79 Å². The zero-order valence-electron chi connectivity index (χ0n) is 7.73. The molecule has 0 aromatic rings. The summed E-state index contributed by atoms with van der Waals surface area (Å²) >= 11 is 0. The van der Waals surface area contributed by atoms with Gasteiger partial charge in [0.2, 0.25) is 6.41 Å². The summed E-state index contributed by atoms with van der Waals surface area (Å²) in [6.07, 6.45) is 8.52. The van der Waals surface area contributed by atoms with Crippen LogP contribution in [0.25, 0.3) is 0 Å². The van der Waals surface area contributed by atoms with Crippen LogP contribution in [0.2, 0.25) is 0 Å². The van der Waals surface area contributed by atoms with Gasteiger partial charge in [0.05, 0.1) is 0 Å². The minimum atomic E-state index is 0.778. The van der Waals surface area contributed by atoms with E-state index in [1.807, 2.05) is 4.90 Å². The number of hydrogen-bond acceptors (Lipinski definition) is 1. The molecule has 0 aromatic heterocycles. The zero-order valence-corrected chi connectivity index (χ0v) is 7.73. The second-order valence-corrected chi connectivity index (χ2v) is 4.68. The summed E-state index contributed by atoms with van der Waals surface area (Å²) in [6.45, 7) is 2.03. The number of nitrogens with zero attached hydrogens (tertiary/aromatic N) is 1. The highest BCUT2D eigenvalue weighted by Crippen LogP contribution is 2.47. The molecule has 1 amide bonds. The topological polar surface area (TPSA) is 20.3 Å². The lowest BCUT2D eigenvalue weighted by Gasteiger charge is -2.40. The smallest absolute Gasteiger partial charge is 0.209 e. The Hall–Kier alpha value is -0.790. The summed E-state index contributed by atoms with van der Waals surface area (Å²) in [7, 11) is 0. The van der Waals surface area contributed by atoms with Crippen LogP contribution in [0.3, 0.4) is 0 Å². The first-order valence-corrected chi connectivity index (χ1v) is 5.26. The van der Waals surface area contributed by atoms with Crippen molar-refractivity contribution in [1.82, 2.24) is 4.90 Å². The van der Waals surface area contributed by atoms with Gasteiger partial charge in [-0.15, -0.1) is 0 Å². The minimum absolute atomic E-state index is 0.778. The molecule has 2 heteroatoms. The Kier molecular flexibility index (Phi) is 1.52. The molecule has 1 heterocycles. The SMILES string of the molecule is O=CN1C[C@@H]2C3C=CC(CC3)[C@@H]2C1. The van der Waals surface area contributed by atoms with E-state index in [1.165, 1.54) is 12.8 Å². The number of likely N-dealkylation sites (tertiary alicyclic amines) is 1. The highest BCUT2D eigenvalue weighted by molar-refractivity contribution is 5.48. The Labute approximate surface area is 78.6 Å². The summed E-state index contributed by atoms with van der Waals surface area (Å²) in [6, 6.07) is 0. The van der Waals surface area contributed by atoms with Crippen molar-refractivity contribution in [3.05, 3.63) is 12.2 Å². The van der Waals surface area contributed by atoms with E-state index in [0.29, 0.717) is 0 Å². The fourth-order valence-electron chi connectivity index (χ4n) is 3.46. The van der Waals surface area contributed by atoms with E-state index < -0.39 is 0 Å². The fraction of sp³-hybridized carbons (Fsp3) is 0.727. The molecule has 3 aliphatic carbocycles. The van der Waals surface area contributed by atoms with Crippen molar-refractivity contribution in [3.8, 4) is 0 Å². The average Bonchev–Trinajstić information content (AvgIpc) is 2.64. The zero-order chi connectivity index (χ0) is 8.84. The van der Waals surface area contributed by atoms with Crippen LogP contribution in [0, 0.1) is 23.7 Å². The summed E-state index contributed by atoms with van der Waals surface area (Å²) < 4.78 is 0. The Balaban J connectivity index is 1.88. The number of rotatable bonds is 1. The maximum Gasteiger partial charge on any atom is 0.209 e. The molecule has 4 aliphatic rings. The molecule has 1 saturated carbocycles. The van der Waals surface area contributed by atoms with Gasteiger partial charge in [0, 0.05) is 13.1 Å². The standard InChI is InChI=1S/C11H15NO/c13-7-12-5-10-8-1-2-9(4-3-8)11(10)6-12/h1-2,7-11H,3-6H2/t8?,9?,10-,11+. The maximum atomic E-state index is 10.7. The van der Waals surface area contributed by atoms with Crippen molar-refractivity contribution in [2.45, 2.75) is 12.8 Å². The van der Waals surface area contributed by atoms with Crippen LogP contribution in [0.15, 0.2) is 12.2 Å². The number of hydrogen-bond donors (Lipinski definition) is 0. The summed E-state index contributed by atoms with van der Waals surface area (Å²) in [5.74, 6) is 3.13. The van der Waals surface area contributed by atoms with Gasteiger partial charge in [-0.1, -0.05) is 12.2 Å². The number of carbonyl (C=O) groups is 1.